The zero-order valence-electron chi connectivity index (χ0n) is 7.79. The largest absolute Gasteiger partial charge is 0.361 e. The first-order valence-electron chi connectivity index (χ1n) is 3.87. The molecular formula is C5H9N3O6P2. The lowest BCUT2D eigenvalue weighted by Gasteiger charge is -2.12. The van der Waals surface area contributed by atoms with Crippen LogP contribution < -0.4 is 5.48 Å². The Balaban J connectivity index is 2.55. The zero-order valence-corrected chi connectivity index (χ0v) is 9.58. The highest BCUT2D eigenvalue weighted by Gasteiger charge is 2.31. The highest BCUT2D eigenvalue weighted by atomic mass is 31.2. The molecule has 90 valence electrons. The number of rotatable bonds is 5. The molecule has 0 saturated carbocycles. The van der Waals surface area contributed by atoms with Crippen LogP contribution in [0.15, 0.2) is 18.3 Å². The maximum absolute atomic E-state index is 11.1. The predicted molar refractivity (Wildman–Crippen MR) is 53.5 cm³/mol. The summed E-state index contributed by atoms with van der Waals surface area (Å²) in [5.41, 5.74) is 1.98. The molecule has 11 heteroatoms. The molecule has 0 aliphatic rings. The van der Waals surface area contributed by atoms with Gasteiger partial charge in [-0.25, -0.2) is 5.48 Å². The normalized spacial score (nSPS) is 15.4. The molecule has 0 aliphatic carbocycles. The van der Waals surface area contributed by atoms with E-state index < -0.39 is 21.1 Å². The van der Waals surface area contributed by atoms with Crippen LogP contribution in [0.5, 0.6) is 0 Å². The second kappa shape index (κ2) is 5.01. The van der Waals surface area contributed by atoms with Crippen LogP contribution in [0, 0.1) is 0 Å². The number of anilines is 1. The number of hydrogen-bond acceptors (Lipinski definition) is 6. The first-order chi connectivity index (χ1) is 7.29. The molecule has 9 nitrogen and oxygen atoms in total. The molecule has 16 heavy (non-hydrogen) atoms. The van der Waals surface area contributed by atoms with Crippen LogP contribution >= 0.6 is 15.2 Å². The van der Waals surface area contributed by atoms with Crippen LogP contribution in [0.25, 0.3) is 0 Å². The topological polar surface area (TPSA) is 142 Å². The fourth-order valence-corrected chi connectivity index (χ4v) is 3.07. The van der Waals surface area contributed by atoms with Gasteiger partial charge in [-0.2, -0.15) is 9.72 Å². The number of aromatic nitrogens is 2. The molecule has 0 amide bonds. The van der Waals surface area contributed by atoms with E-state index in [1.54, 1.807) is 0 Å². The van der Waals surface area contributed by atoms with Crippen molar-refractivity contribution in [2.24, 2.45) is 0 Å². The average molecular weight is 269 g/mol. The molecule has 1 heterocycles. The smallest absolute Gasteiger partial charge is 0.324 e. The molecule has 1 aromatic rings. The summed E-state index contributed by atoms with van der Waals surface area (Å²) in [4.78, 5) is 26.0. The van der Waals surface area contributed by atoms with Crippen molar-refractivity contribution >= 4 is 21.0 Å². The van der Waals surface area contributed by atoms with E-state index in [4.69, 9.17) is 14.7 Å². The van der Waals surface area contributed by atoms with Crippen molar-refractivity contribution < 1.29 is 28.4 Å². The van der Waals surface area contributed by atoms with E-state index in [0.717, 1.165) is 0 Å². The Morgan fingerprint density at radius 1 is 1.38 bits per heavy atom. The lowest BCUT2D eigenvalue weighted by Crippen LogP contribution is -2.04. The van der Waals surface area contributed by atoms with Gasteiger partial charge in [0.2, 0.25) is 0 Å². The second-order valence-electron chi connectivity index (χ2n) is 2.75. The van der Waals surface area contributed by atoms with E-state index in [9.17, 15) is 9.13 Å². The van der Waals surface area contributed by atoms with Crippen LogP contribution in [-0.4, -0.2) is 30.8 Å². The fourth-order valence-electron chi connectivity index (χ4n) is 0.736. The third-order valence-electron chi connectivity index (χ3n) is 1.23. The Hall–Kier alpha value is -0.820. The molecule has 1 atom stereocenters. The molecule has 0 radical (unpaired) electrons. The average Bonchev–Trinajstić information content (AvgIpc) is 2.13. The minimum absolute atomic E-state index is 0.0440. The van der Waals surface area contributed by atoms with Gasteiger partial charge in [0, 0.05) is 6.20 Å². The highest BCUT2D eigenvalue weighted by Crippen LogP contribution is 2.55. The SMILES string of the molecule is O=P(O)(O)CP(=O)(O)ONc1cccnn1. The van der Waals surface area contributed by atoms with Crippen LogP contribution in [0.3, 0.4) is 0 Å². The van der Waals surface area contributed by atoms with Gasteiger partial charge in [-0.05, 0) is 12.1 Å². The van der Waals surface area contributed by atoms with E-state index in [1.165, 1.54) is 18.3 Å². The van der Waals surface area contributed by atoms with Crippen LogP contribution in [0.1, 0.15) is 0 Å². The van der Waals surface area contributed by atoms with Crippen molar-refractivity contribution in [3.05, 3.63) is 18.3 Å². The first kappa shape index (κ1) is 13.2. The Morgan fingerprint density at radius 2 is 2.06 bits per heavy atom. The Morgan fingerprint density at radius 3 is 2.56 bits per heavy atom. The molecule has 0 saturated heterocycles. The third kappa shape index (κ3) is 5.32. The number of hydrogen-bond donors (Lipinski definition) is 4. The molecule has 0 spiro atoms. The van der Waals surface area contributed by atoms with Crippen molar-refractivity contribution in [3.63, 3.8) is 0 Å². The molecule has 0 aliphatic heterocycles. The van der Waals surface area contributed by atoms with Crippen molar-refractivity contribution in [2.45, 2.75) is 0 Å². The lowest BCUT2D eigenvalue weighted by atomic mass is 10.5. The zero-order chi connectivity index (χ0) is 12.2. The van der Waals surface area contributed by atoms with Gasteiger partial charge in [0.1, 0.15) is 0 Å². The highest BCUT2D eigenvalue weighted by molar-refractivity contribution is 7.70. The minimum Gasteiger partial charge on any atom is -0.324 e. The molecule has 1 rings (SSSR count). The van der Waals surface area contributed by atoms with Gasteiger partial charge in [0.25, 0.3) is 0 Å². The Bertz CT molecular complexity index is 433. The standard InChI is InChI=1S/C5H9N3O6P2/c9-15(10,11)4-16(12,13)14-8-5-2-1-3-6-7-5/h1-3H,4H2,(H,7,8)(H,12,13)(H2,9,10,11). The Labute approximate surface area is 90.1 Å². The molecule has 0 aromatic carbocycles. The van der Waals surface area contributed by atoms with Crippen LogP contribution in [-0.2, 0) is 13.8 Å². The van der Waals surface area contributed by atoms with Gasteiger partial charge in [-0.15, -0.1) is 5.10 Å². The fraction of sp³-hybridized carbons (Fsp3) is 0.200. The maximum atomic E-state index is 11.1. The predicted octanol–water partition coefficient (Wildman–Crippen LogP) is 0.141. The van der Waals surface area contributed by atoms with Crippen molar-refractivity contribution in [1.29, 1.82) is 0 Å². The molecule has 0 bridgehead atoms. The second-order valence-corrected chi connectivity index (χ2v) is 6.66. The minimum atomic E-state index is -4.62. The van der Waals surface area contributed by atoms with Gasteiger partial charge in [-0.3, -0.25) is 9.13 Å². The summed E-state index contributed by atoms with van der Waals surface area (Å²) in [6, 6.07) is 2.88. The summed E-state index contributed by atoms with van der Waals surface area (Å²) in [6.07, 6.45) is 1.37. The quantitative estimate of drug-likeness (QED) is 0.433. The van der Waals surface area contributed by atoms with Crippen LogP contribution in [0.4, 0.5) is 5.82 Å². The molecule has 1 aromatic heterocycles. The van der Waals surface area contributed by atoms with Gasteiger partial charge >= 0.3 is 15.2 Å². The Kier molecular flexibility index (Phi) is 4.15. The summed E-state index contributed by atoms with van der Waals surface area (Å²) in [7, 11) is -9.04. The molecule has 4 N–H and O–H groups in total. The van der Waals surface area contributed by atoms with Gasteiger partial charge in [0.15, 0.2) is 11.7 Å². The van der Waals surface area contributed by atoms with Crippen LogP contribution in [0.2, 0.25) is 0 Å². The van der Waals surface area contributed by atoms with Gasteiger partial charge in [0.05, 0.1) is 0 Å². The first-order valence-corrected chi connectivity index (χ1v) is 7.43. The van der Waals surface area contributed by atoms with Crippen molar-refractivity contribution in [3.8, 4) is 0 Å². The van der Waals surface area contributed by atoms with E-state index in [2.05, 4.69) is 14.8 Å². The van der Waals surface area contributed by atoms with Crippen molar-refractivity contribution in [2.75, 3.05) is 11.4 Å². The summed E-state index contributed by atoms with van der Waals surface area (Å²) in [5.74, 6) is -1.23. The number of nitrogens with one attached hydrogen (secondary N) is 1. The number of nitrogens with zero attached hydrogens (tertiary/aromatic N) is 2. The van der Waals surface area contributed by atoms with E-state index in [-0.39, 0.29) is 5.82 Å². The maximum Gasteiger partial charge on any atom is 0.361 e. The van der Waals surface area contributed by atoms with E-state index in [1.807, 2.05) is 5.48 Å². The van der Waals surface area contributed by atoms with E-state index >= 15 is 0 Å². The monoisotopic (exact) mass is 269 g/mol. The summed E-state index contributed by atoms with van der Waals surface area (Å²) in [5, 5.41) is 6.91. The molecule has 1 unspecified atom stereocenters. The third-order valence-corrected chi connectivity index (χ3v) is 4.51. The van der Waals surface area contributed by atoms with Gasteiger partial charge < -0.3 is 14.7 Å². The summed E-state index contributed by atoms with van der Waals surface area (Å²) >= 11 is 0. The van der Waals surface area contributed by atoms with Crippen molar-refractivity contribution in [1.82, 2.24) is 10.2 Å². The molecular weight excluding hydrogens is 260 g/mol. The van der Waals surface area contributed by atoms with E-state index in [0.29, 0.717) is 0 Å². The molecule has 0 fully saturated rings. The van der Waals surface area contributed by atoms with Gasteiger partial charge in [-0.1, -0.05) is 0 Å². The summed E-state index contributed by atoms with van der Waals surface area (Å²) < 4.78 is 25.9. The lowest BCUT2D eigenvalue weighted by molar-refractivity contribution is 0.308. The summed E-state index contributed by atoms with van der Waals surface area (Å²) in [6.45, 7) is 0.